The van der Waals surface area contributed by atoms with E-state index >= 15 is 0 Å². The van der Waals surface area contributed by atoms with Crippen LogP contribution in [0.1, 0.15) is 10.4 Å². The summed E-state index contributed by atoms with van der Waals surface area (Å²) in [5, 5.41) is 0. The standard InChI is InChI=1S/C19H22N4O2/c1-21(2)11-12-22-16-5-3-4-6-17(16)23(13-18(22)24)19(25)14-7-9-15(20)10-8-14/h3-10H,11-13,20H2,1-2H3. The molecule has 0 atom stereocenters. The molecule has 25 heavy (non-hydrogen) atoms. The van der Waals surface area contributed by atoms with E-state index in [4.69, 9.17) is 5.73 Å². The maximum Gasteiger partial charge on any atom is 0.258 e. The van der Waals surface area contributed by atoms with E-state index in [0.717, 1.165) is 17.9 Å². The van der Waals surface area contributed by atoms with Gasteiger partial charge in [-0.1, -0.05) is 12.1 Å². The average Bonchev–Trinajstić information content (AvgIpc) is 2.60. The van der Waals surface area contributed by atoms with Gasteiger partial charge in [0.05, 0.1) is 11.4 Å². The van der Waals surface area contributed by atoms with Crippen LogP contribution in [0.3, 0.4) is 0 Å². The molecule has 3 rings (SSSR count). The molecule has 0 saturated heterocycles. The van der Waals surface area contributed by atoms with Gasteiger partial charge in [-0.25, -0.2) is 0 Å². The highest BCUT2D eigenvalue weighted by atomic mass is 16.2. The van der Waals surface area contributed by atoms with E-state index in [1.54, 1.807) is 29.2 Å². The van der Waals surface area contributed by atoms with Gasteiger partial charge < -0.3 is 15.5 Å². The molecule has 0 spiro atoms. The number of carbonyl (C=O) groups excluding carboxylic acids is 2. The van der Waals surface area contributed by atoms with Gasteiger partial charge in [0.25, 0.3) is 5.91 Å². The highest BCUT2D eigenvalue weighted by Gasteiger charge is 2.32. The fourth-order valence-corrected chi connectivity index (χ4v) is 2.87. The average molecular weight is 338 g/mol. The molecule has 0 aromatic heterocycles. The van der Waals surface area contributed by atoms with Crippen molar-refractivity contribution in [1.82, 2.24) is 4.90 Å². The van der Waals surface area contributed by atoms with Crippen LogP contribution in [-0.4, -0.2) is 50.4 Å². The molecular formula is C19H22N4O2. The minimum Gasteiger partial charge on any atom is -0.399 e. The van der Waals surface area contributed by atoms with Crippen molar-refractivity contribution in [3.63, 3.8) is 0 Å². The second-order valence-electron chi connectivity index (χ2n) is 6.35. The Kier molecular flexibility index (Phi) is 4.72. The Hall–Kier alpha value is -2.86. The van der Waals surface area contributed by atoms with Crippen molar-refractivity contribution >= 4 is 28.9 Å². The zero-order valence-corrected chi connectivity index (χ0v) is 14.5. The van der Waals surface area contributed by atoms with Gasteiger partial charge in [-0.05, 0) is 50.5 Å². The maximum atomic E-state index is 12.9. The third-order valence-electron chi connectivity index (χ3n) is 4.23. The molecule has 0 radical (unpaired) electrons. The molecule has 2 N–H and O–H groups in total. The van der Waals surface area contributed by atoms with Crippen molar-refractivity contribution in [1.29, 1.82) is 0 Å². The van der Waals surface area contributed by atoms with Gasteiger partial charge in [0.15, 0.2) is 0 Å². The van der Waals surface area contributed by atoms with Crippen molar-refractivity contribution in [2.45, 2.75) is 0 Å². The fraction of sp³-hybridized carbons (Fsp3) is 0.263. The summed E-state index contributed by atoms with van der Waals surface area (Å²) in [5.74, 6) is -0.280. The van der Waals surface area contributed by atoms with Gasteiger partial charge in [-0.3, -0.25) is 14.5 Å². The molecule has 0 unspecified atom stereocenters. The van der Waals surface area contributed by atoms with Gasteiger partial charge in [0.2, 0.25) is 5.91 Å². The largest absolute Gasteiger partial charge is 0.399 e. The molecule has 2 amide bonds. The van der Waals surface area contributed by atoms with Crippen LogP contribution in [0.5, 0.6) is 0 Å². The Morgan fingerprint density at radius 3 is 2.36 bits per heavy atom. The summed E-state index contributed by atoms with van der Waals surface area (Å²) in [4.78, 5) is 30.9. The molecular weight excluding hydrogens is 316 g/mol. The van der Waals surface area contributed by atoms with Crippen LogP contribution in [0.25, 0.3) is 0 Å². The summed E-state index contributed by atoms with van der Waals surface area (Å²) in [6.45, 7) is 1.38. The van der Waals surface area contributed by atoms with Crippen LogP contribution in [0, 0.1) is 0 Å². The van der Waals surface area contributed by atoms with Crippen molar-refractivity contribution in [3.8, 4) is 0 Å². The number of nitrogen functional groups attached to an aromatic ring is 1. The minimum atomic E-state index is -0.201. The predicted molar refractivity (Wildman–Crippen MR) is 99.9 cm³/mol. The minimum absolute atomic E-state index is 0.0354. The lowest BCUT2D eigenvalue weighted by atomic mass is 10.1. The Morgan fingerprint density at radius 1 is 1.08 bits per heavy atom. The number of nitrogens with two attached hydrogens (primary N) is 1. The molecule has 0 fully saturated rings. The zero-order chi connectivity index (χ0) is 18.0. The third kappa shape index (κ3) is 3.49. The van der Waals surface area contributed by atoms with E-state index in [2.05, 4.69) is 0 Å². The third-order valence-corrected chi connectivity index (χ3v) is 4.23. The summed E-state index contributed by atoms with van der Waals surface area (Å²) in [5.41, 5.74) is 8.32. The number of hydrogen-bond donors (Lipinski definition) is 1. The van der Waals surface area contributed by atoms with Gasteiger partial charge in [0.1, 0.15) is 6.54 Å². The van der Waals surface area contributed by atoms with Gasteiger partial charge in [-0.2, -0.15) is 0 Å². The molecule has 6 heteroatoms. The first-order valence-corrected chi connectivity index (χ1v) is 8.19. The van der Waals surface area contributed by atoms with Crippen LogP contribution < -0.4 is 15.5 Å². The van der Waals surface area contributed by atoms with Gasteiger partial charge in [0, 0.05) is 24.3 Å². The number of anilines is 3. The lowest BCUT2D eigenvalue weighted by molar-refractivity contribution is -0.117. The van der Waals surface area contributed by atoms with Crippen LogP contribution in [0.4, 0.5) is 17.1 Å². The number of benzene rings is 2. The SMILES string of the molecule is CN(C)CCN1C(=O)CN(C(=O)c2ccc(N)cc2)c2ccccc21. The highest BCUT2D eigenvalue weighted by Crippen LogP contribution is 2.34. The summed E-state index contributed by atoms with van der Waals surface area (Å²) < 4.78 is 0. The zero-order valence-electron chi connectivity index (χ0n) is 14.5. The quantitative estimate of drug-likeness (QED) is 0.864. The number of fused-ring (bicyclic) bond motifs is 1. The number of rotatable bonds is 4. The molecule has 130 valence electrons. The molecule has 1 aliphatic heterocycles. The first-order valence-electron chi connectivity index (χ1n) is 8.19. The summed E-state index contributed by atoms with van der Waals surface area (Å²) in [6, 6.07) is 14.3. The number of hydrogen-bond acceptors (Lipinski definition) is 4. The molecule has 0 bridgehead atoms. The monoisotopic (exact) mass is 338 g/mol. The molecule has 2 aromatic carbocycles. The Morgan fingerprint density at radius 2 is 1.72 bits per heavy atom. The number of para-hydroxylation sites is 2. The van der Waals surface area contributed by atoms with Crippen molar-refractivity contribution in [3.05, 3.63) is 54.1 Å². The smallest absolute Gasteiger partial charge is 0.258 e. The van der Waals surface area contributed by atoms with E-state index in [1.165, 1.54) is 4.90 Å². The molecule has 2 aromatic rings. The van der Waals surface area contributed by atoms with Crippen LogP contribution in [-0.2, 0) is 4.79 Å². The van der Waals surface area contributed by atoms with E-state index in [0.29, 0.717) is 17.8 Å². The lowest BCUT2D eigenvalue weighted by Crippen LogP contribution is -2.49. The fourth-order valence-electron chi connectivity index (χ4n) is 2.87. The lowest BCUT2D eigenvalue weighted by Gasteiger charge is -2.36. The van der Waals surface area contributed by atoms with E-state index in [-0.39, 0.29) is 18.4 Å². The number of amides is 2. The molecule has 1 heterocycles. The van der Waals surface area contributed by atoms with Crippen molar-refractivity contribution in [2.24, 2.45) is 0 Å². The maximum absolute atomic E-state index is 12.9. The Bertz CT molecular complexity index is 786. The molecule has 0 saturated carbocycles. The first kappa shape index (κ1) is 17.0. The number of nitrogens with zero attached hydrogens (tertiary/aromatic N) is 3. The van der Waals surface area contributed by atoms with E-state index in [9.17, 15) is 9.59 Å². The number of carbonyl (C=O) groups is 2. The van der Waals surface area contributed by atoms with Crippen LogP contribution in [0.2, 0.25) is 0 Å². The normalized spacial score (nSPS) is 14.0. The van der Waals surface area contributed by atoms with E-state index in [1.807, 2.05) is 43.3 Å². The predicted octanol–water partition coefficient (Wildman–Crippen LogP) is 1.82. The van der Waals surface area contributed by atoms with Crippen molar-refractivity contribution < 1.29 is 9.59 Å². The van der Waals surface area contributed by atoms with Crippen molar-refractivity contribution in [2.75, 3.05) is 49.3 Å². The summed E-state index contributed by atoms with van der Waals surface area (Å²) in [7, 11) is 3.94. The second kappa shape index (κ2) is 6.94. The second-order valence-corrected chi connectivity index (χ2v) is 6.35. The molecule has 6 nitrogen and oxygen atoms in total. The molecule has 0 aliphatic carbocycles. The summed E-state index contributed by atoms with van der Waals surface area (Å²) in [6.07, 6.45) is 0. The van der Waals surface area contributed by atoms with Gasteiger partial charge >= 0.3 is 0 Å². The molecule has 1 aliphatic rings. The highest BCUT2D eigenvalue weighted by molar-refractivity contribution is 6.15. The topological polar surface area (TPSA) is 69.9 Å². The Balaban J connectivity index is 1.93. The summed E-state index contributed by atoms with van der Waals surface area (Å²) >= 11 is 0. The number of likely N-dealkylation sites (N-methyl/N-ethyl adjacent to an activating group) is 1. The van der Waals surface area contributed by atoms with E-state index < -0.39 is 0 Å². The first-order chi connectivity index (χ1) is 12.0. The Labute approximate surface area is 147 Å². The van der Waals surface area contributed by atoms with Gasteiger partial charge in [-0.15, -0.1) is 0 Å². The van der Waals surface area contributed by atoms with Crippen LogP contribution in [0.15, 0.2) is 48.5 Å². The van der Waals surface area contributed by atoms with Crippen LogP contribution >= 0.6 is 0 Å².